The van der Waals surface area contributed by atoms with Gasteiger partial charge < -0.3 is 15.5 Å². The molecule has 2 aliphatic rings. The van der Waals surface area contributed by atoms with Crippen LogP contribution in [0, 0.1) is 0 Å². The van der Waals surface area contributed by atoms with E-state index in [1.54, 1.807) is 0 Å². The number of nitrogens with two attached hydrogens (primary N) is 1. The van der Waals surface area contributed by atoms with Gasteiger partial charge in [-0.1, -0.05) is 24.4 Å². The van der Waals surface area contributed by atoms with E-state index in [1.807, 2.05) is 0 Å². The molecule has 2 heterocycles. The van der Waals surface area contributed by atoms with E-state index in [0.29, 0.717) is 11.9 Å². The smallest absolute Gasteiger partial charge is 0.312 e. The monoisotopic (exact) mass is 293 g/mol. The Hall–Kier alpha value is -1.63. The first kappa shape index (κ1) is 14.3. The lowest BCUT2D eigenvalue weighted by Crippen LogP contribution is -2.52. The van der Waals surface area contributed by atoms with Crippen molar-refractivity contribution in [3.05, 3.63) is 5.89 Å². The van der Waals surface area contributed by atoms with Crippen molar-refractivity contribution >= 4 is 11.9 Å². The fourth-order valence-electron chi connectivity index (χ4n) is 3.53. The average molecular weight is 293 g/mol. The Morgan fingerprint density at radius 1 is 1.24 bits per heavy atom. The van der Waals surface area contributed by atoms with Crippen molar-refractivity contribution in [3.63, 3.8) is 0 Å². The molecule has 1 unspecified atom stereocenters. The first-order chi connectivity index (χ1) is 10.2. The maximum absolute atomic E-state index is 12.5. The molecule has 1 saturated heterocycles. The molecule has 0 radical (unpaired) electrons. The number of hydrogen-bond donors (Lipinski definition) is 2. The van der Waals surface area contributed by atoms with Crippen LogP contribution in [0.1, 0.15) is 50.8 Å². The van der Waals surface area contributed by atoms with Gasteiger partial charge in [-0.2, -0.15) is 0 Å². The summed E-state index contributed by atoms with van der Waals surface area (Å²) < 4.78 is 5.08. The van der Waals surface area contributed by atoms with E-state index in [-0.39, 0.29) is 24.5 Å². The summed E-state index contributed by atoms with van der Waals surface area (Å²) in [5, 5.41) is 10.2. The summed E-state index contributed by atoms with van der Waals surface area (Å²) >= 11 is 0. The summed E-state index contributed by atoms with van der Waals surface area (Å²) in [4.78, 5) is 14.9. The second kappa shape index (κ2) is 6.43. The molecule has 1 saturated carbocycles. The highest BCUT2D eigenvalue weighted by molar-refractivity contribution is 5.81. The summed E-state index contributed by atoms with van der Waals surface area (Å²) in [7, 11) is 0. The predicted octanol–water partition coefficient (Wildman–Crippen LogP) is 1.07. The molecule has 1 aliphatic carbocycles. The van der Waals surface area contributed by atoms with Gasteiger partial charge in [0.1, 0.15) is 0 Å². The molecule has 1 amide bonds. The lowest BCUT2D eigenvalue weighted by Gasteiger charge is -2.38. The fourth-order valence-corrected chi connectivity index (χ4v) is 3.53. The van der Waals surface area contributed by atoms with Gasteiger partial charge in [-0.3, -0.25) is 9.69 Å². The number of hydrogen-bond acceptors (Lipinski definition) is 6. The Morgan fingerprint density at radius 3 is 2.71 bits per heavy atom. The number of rotatable bonds is 4. The number of piperidine rings is 1. The first-order valence-corrected chi connectivity index (χ1v) is 7.85. The Morgan fingerprint density at radius 2 is 2.00 bits per heavy atom. The van der Waals surface area contributed by atoms with Crippen LogP contribution in [0.3, 0.4) is 0 Å². The van der Waals surface area contributed by atoms with E-state index < -0.39 is 0 Å². The number of aromatic nitrogens is 2. The molecule has 2 fully saturated rings. The minimum absolute atomic E-state index is 0.0119. The van der Waals surface area contributed by atoms with Crippen LogP contribution in [0.25, 0.3) is 0 Å². The van der Waals surface area contributed by atoms with Crippen LogP contribution in [0.2, 0.25) is 0 Å². The van der Waals surface area contributed by atoms with Crippen LogP contribution in [0.4, 0.5) is 6.01 Å². The van der Waals surface area contributed by atoms with Crippen molar-refractivity contribution in [3.8, 4) is 0 Å². The molecule has 0 spiro atoms. The van der Waals surface area contributed by atoms with Gasteiger partial charge in [-0.25, -0.2) is 0 Å². The van der Waals surface area contributed by atoms with E-state index in [1.165, 1.54) is 32.1 Å². The molecule has 116 valence electrons. The molecule has 3 rings (SSSR count). The Bertz CT molecular complexity index is 483. The molecule has 1 atom stereocenters. The number of nitrogens with one attached hydrogen (secondary N) is 1. The average Bonchev–Trinajstić information content (AvgIpc) is 3.16. The number of likely N-dealkylation sites (tertiary alicyclic amines) is 1. The molecule has 3 N–H and O–H groups in total. The van der Waals surface area contributed by atoms with Crippen LogP contribution in [0.5, 0.6) is 0 Å². The number of anilines is 1. The van der Waals surface area contributed by atoms with Crippen LogP contribution >= 0.6 is 0 Å². The van der Waals surface area contributed by atoms with Crippen LogP contribution in [-0.4, -0.2) is 39.6 Å². The molecule has 1 aromatic rings. The minimum atomic E-state index is -0.0119. The van der Waals surface area contributed by atoms with Crippen molar-refractivity contribution in [1.82, 2.24) is 20.4 Å². The van der Waals surface area contributed by atoms with Gasteiger partial charge in [0.15, 0.2) is 0 Å². The Labute approximate surface area is 124 Å². The zero-order valence-corrected chi connectivity index (χ0v) is 12.3. The highest BCUT2D eigenvalue weighted by Crippen LogP contribution is 2.29. The van der Waals surface area contributed by atoms with Crippen LogP contribution in [0.15, 0.2) is 4.42 Å². The standard InChI is InChI=1S/C14H23N5O2/c15-14-18-17-12(21-14)9-16-13(20)11-7-3-4-8-19(11)10-5-1-2-6-10/h10-11H,1-9H2,(H2,15,18)(H,16,20). The molecule has 0 aromatic carbocycles. The number of nitrogen functional groups attached to an aromatic ring is 1. The second-order valence-corrected chi connectivity index (χ2v) is 5.94. The molecule has 1 aliphatic heterocycles. The van der Waals surface area contributed by atoms with Gasteiger partial charge >= 0.3 is 6.01 Å². The quantitative estimate of drug-likeness (QED) is 0.861. The maximum Gasteiger partial charge on any atom is 0.312 e. The van der Waals surface area contributed by atoms with Gasteiger partial charge in [0.2, 0.25) is 11.8 Å². The summed E-state index contributed by atoms with van der Waals surface area (Å²) in [6, 6.07) is 0.603. The summed E-state index contributed by atoms with van der Waals surface area (Å²) in [6.45, 7) is 1.29. The number of amides is 1. The molecule has 21 heavy (non-hydrogen) atoms. The molecular weight excluding hydrogens is 270 g/mol. The van der Waals surface area contributed by atoms with E-state index >= 15 is 0 Å². The van der Waals surface area contributed by atoms with Crippen molar-refractivity contribution in [2.75, 3.05) is 12.3 Å². The fraction of sp³-hybridized carbons (Fsp3) is 0.786. The van der Waals surface area contributed by atoms with E-state index in [4.69, 9.17) is 10.2 Å². The third-order valence-corrected chi connectivity index (χ3v) is 4.54. The zero-order chi connectivity index (χ0) is 14.7. The summed E-state index contributed by atoms with van der Waals surface area (Å²) in [5.41, 5.74) is 5.37. The van der Waals surface area contributed by atoms with E-state index in [0.717, 1.165) is 19.4 Å². The van der Waals surface area contributed by atoms with E-state index in [2.05, 4.69) is 20.4 Å². The lowest BCUT2D eigenvalue weighted by atomic mass is 9.98. The second-order valence-electron chi connectivity index (χ2n) is 5.94. The van der Waals surface area contributed by atoms with Crippen molar-refractivity contribution in [2.24, 2.45) is 0 Å². The number of nitrogens with zero attached hydrogens (tertiary/aromatic N) is 3. The summed E-state index contributed by atoms with van der Waals surface area (Å²) in [6.07, 6.45) is 8.28. The number of carbonyl (C=O) groups is 1. The highest BCUT2D eigenvalue weighted by Gasteiger charge is 2.34. The zero-order valence-electron chi connectivity index (χ0n) is 12.3. The maximum atomic E-state index is 12.5. The SMILES string of the molecule is Nc1nnc(CNC(=O)C2CCCCN2C2CCCC2)o1. The van der Waals surface area contributed by atoms with Crippen molar-refractivity contribution in [1.29, 1.82) is 0 Å². The predicted molar refractivity (Wildman–Crippen MR) is 77.2 cm³/mol. The van der Waals surface area contributed by atoms with Gasteiger partial charge in [-0.15, -0.1) is 5.10 Å². The molecular formula is C14H23N5O2. The summed E-state index contributed by atoms with van der Waals surface area (Å²) in [5.74, 6) is 0.419. The normalized spacial score (nSPS) is 24.3. The van der Waals surface area contributed by atoms with Crippen molar-refractivity contribution in [2.45, 2.75) is 63.6 Å². The highest BCUT2D eigenvalue weighted by atomic mass is 16.4. The molecule has 0 bridgehead atoms. The third kappa shape index (κ3) is 3.34. The van der Waals surface area contributed by atoms with Gasteiger partial charge in [-0.05, 0) is 32.2 Å². The van der Waals surface area contributed by atoms with Crippen molar-refractivity contribution < 1.29 is 9.21 Å². The topological polar surface area (TPSA) is 97.3 Å². The van der Waals surface area contributed by atoms with Gasteiger partial charge in [0.25, 0.3) is 0 Å². The van der Waals surface area contributed by atoms with E-state index in [9.17, 15) is 4.79 Å². The van der Waals surface area contributed by atoms with Gasteiger partial charge in [0.05, 0.1) is 12.6 Å². The third-order valence-electron chi connectivity index (χ3n) is 4.54. The van der Waals surface area contributed by atoms with Gasteiger partial charge in [0, 0.05) is 6.04 Å². The van der Waals surface area contributed by atoms with Crippen LogP contribution < -0.4 is 11.1 Å². The molecule has 7 nitrogen and oxygen atoms in total. The molecule has 7 heteroatoms. The molecule has 1 aromatic heterocycles. The number of carbonyl (C=O) groups excluding carboxylic acids is 1. The minimum Gasteiger partial charge on any atom is -0.406 e. The Kier molecular flexibility index (Phi) is 4.38. The lowest BCUT2D eigenvalue weighted by molar-refractivity contribution is -0.129. The first-order valence-electron chi connectivity index (χ1n) is 7.85. The largest absolute Gasteiger partial charge is 0.406 e. The van der Waals surface area contributed by atoms with Crippen LogP contribution in [-0.2, 0) is 11.3 Å². The Balaban J connectivity index is 1.58.